The zero-order chi connectivity index (χ0) is 15.2. The lowest BCUT2D eigenvalue weighted by molar-refractivity contribution is -0.117. The fraction of sp³-hybridized carbons (Fsp3) is 0.125. The van der Waals surface area contributed by atoms with Gasteiger partial charge in [0.05, 0.1) is 6.04 Å². The molecule has 5 N–H and O–H groups in total. The number of amides is 2. The monoisotopic (exact) mass is 283 g/mol. The Morgan fingerprint density at radius 2 is 1.62 bits per heavy atom. The van der Waals surface area contributed by atoms with Crippen LogP contribution in [0.25, 0.3) is 0 Å². The molecule has 0 heterocycles. The molecule has 0 unspecified atom stereocenters. The molecule has 2 aromatic carbocycles. The van der Waals surface area contributed by atoms with Crippen LogP contribution in [0.3, 0.4) is 0 Å². The van der Waals surface area contributed by atoms with Crippen LogP contribution in [0.5, 0.6) is 0 Å². The second-order valence-corrected chi connectivity index (χ2v) is 4.73. The number of hydrogen-bond donors (Lipinski definition) is 3. The Kier molecular flexibility index (Phi) is 4.68. The lowest BCUT2D eigenvalue weighted by Crippen LogP contribution is -2.37. The standard InChI is InChI=1S/C16H17N3O2/c17-14(10-11-4-2-1-3-5-11)16(21)19-13-8-6-12(7-9-13)15(18)20/h1-9,14H,10,17H2,(H2,18,20)(H,19,21)/t14-/m1/s1. The largest absolute Gasteiger partial charge is 0.366 e. The lowest BCUT2D eigenvalue weighted by Gasteiger charge is -2.12. The molecule has 2 amide bonds. The Morgan fingerprint density at radius 3 is 2.19 bits per heavy atom. The van der Waals surface area contributed by atoms with E-state index < -0.39 is 11.9 Å². The molecule has 0 aliphatic carbocycles. The third-order valence-corrected chi connectivity index (χ3v) is 3.07. The van der Waals surface area contributed by atoms with E-state index in [1.165, 1.54) is 0 Å². The summed E-state index contributed by atoms with van der Waals surface area (Å²) in [6.45, 7) is 0. The van der Waals surface area contributed by atoms with E-state index in [0.29, 0.717) is 17.7 Å². The Morgan fingerprint density at radius 1 is 1.00 bits per heavy atom. The summed E-state index contributed by atoms with van der Waals surface area (Å²) >= 11 is 0. The maximum Gasteiger partial charge on any atom is 0.248 e. The number of carbonyl (C=O) groups is 2. The van der Waals surface area contributed by atoms with Gasteiger partial charge >= 0.3 is 0 Å². The van der Waals surface area contributed by atoms with Gasteiger partial charge in [0.2, 0.25) is 11.8 Å². The fourth-order valence-electron chi connectivity index (χ4n) is 1.91. The van der Waals surface area contributed by atoms with E-state index in [1.807, 2.05) is 30.3 Å². The molecular formula is C16H17N3O2. The molecule has 2 aromatic rings. The van der Waals surface area contributed by atoms with E-state index in [4.69, 9.17) is 11.5 Å². The third kappa shape index (κ3) is 4.15. The van der Waals surface area contributed by atoms with Gasteiger partial charge < -0.3 is 16.8 Å². The van der Waals surface area contributed by atoms with Crippen molar-refractivity contribution in [2.75, 3.05) is 5.32 Å². The molecule has 0 aliphatic rings. The molecule has 0 saturated carbocycles. The first-order valence-corrected chi connectivity index (χ1v) is 6.56. The maximum atomic E-state index is 12.0. The van der Waals surface area contributed by atoms with Crippen LogP contribution >= 0.6 is 0 Å². The van der Waals surface area contributed by atoms with Gasteiger partial charge in [0.15, 0.2) is 0 Å². The summed E-state index contributed by atoms with van der Waals surface area (Å²) < 4.78 is 0. The highest BCUT2D eigenvalue weighted by atomic mass is 16.2. The van der Waals surface area contributed by atoms with Crippen molar-refractivity contribution in [2.45, 2.75) is 12.5 Å². The van der Waals surface area contributed by atoms with Crippen LogP contribution in [0.4, 0.5) is 5.69 Å². The van der Waals surface area contributed by atoms with Crippen LogP contribution in [0, 0.1) is 0 Å². The van der Waals surface area contributed by atoms with E-state index >= 15 is 0 Å². The molecule has 1 atom stereocenters. The van der Waals surface area contributed by atoms with Gasteiger partial charge in [-0.15, -0.1) is 0 Å². The van der Waals surface area contributed by atoms with Crippen molar-refractivity contribution in [3.63, 3.8) is 0 Å². The van der Waals surface area contributed by atoms with Gasteiger partial charge in [-0.1, -0.05) is 30.3 Å². The minimum Gasteiger partial charge on any atom is -0.366 e. The van der Waals surface area contributed by atoms with Gasteiger partial charge in [-0.05, 0) is 36.2 Å². The predicted octanol–water partition coefficient (Wildman–Crippen LogP) is 1.29. The number of carbonyl (C=O) groups excluding carboxylic acids is 2. The number of anilines is 1. The predicted molar refractivity (Wildman–Crippen MR) is 81.7 cm³/mol. The molecule has 21 heavy (non-hydrogen) atoms. The molecule has 0 spiro atoms. The van der Waals surface area contributed by atoms with Crippen molar-refractivity contribution in [3.05, 3.63) is 65.7 Å². The normalized spacial score (nSPS) is 11.7. The highest BCUT2D eigenvalue weighted by Gasteiger charge is 2.14. The van der Waals surface area contributed by atoms with Crippen LogP contribution < -0.4 is 16.8 Å². The highest BCUT2D eigenvalue weighted by molar-refractivity contribution is 5.96. The fourth-order valence-corrected chi connectivity index (χ4v) is 1.91. The number of rotatable bonds is 5. The van der Waals surface area contributed by atoms with Crippen molar-refractivity contribution in [1.82, 2.24) is 0 Å². The molecule has 2 rings (SSSR count). The van der Waals surface area contributed by atoms with E-state index in [1.54, 1.807) is 24.3 Å². The number of nitrogens with one attached hydrogen (secondary N) is 1. The first-order chi connectivity index (χ1) is 10.1. The molecule has 0 fully saturated rings. The second-order valence-electron chi connectivity index (χ2n) is 4.73. The van der Waals surface area contributed by atoms with Crippen LogP contribution in [-0.2, 0) is 11.2 Å². The number of hydrogen-bond acceptors (Lipinski definition) is 3. The van der Waals surface area contributed by atoms with Crippen LogP contribution in [-0.4, -0.2) is 17.9 Å². The van der Waals surface area contributed by atoms with E-state index in [2.05, 4.69) is 5.32 Å². The average Bonchev–Trinajstić information content (AvgIpc) is 2.48. The first kappa shape index (κ1) is 14.7. The molecule has 0 bridgehead atoms. The van der Waals surface area contributed by atoms with Gasteiger partial charge in [-0.3, -0.25) is 9.59 Å². The number of benzene rings is 2. The zero-order valence-corrected chi connectivity index (χ0v) is 11.5. The summed E-state index contributed by atoms with van der Waals surface area (Å²) in [4.78, 5) is 23.0. The van der Waals surface area contributed by atoms with E-state index in [0.717, 1.165) is 5.56 Å². The van der Waals surface area contributed by atoms with Gasteiger partial charge in [-0.25, -0.2) is 0 Å². The molecule has 0 saturated heterocycles. The second kappa shape index (κ2) is 6.67. The summed E-state index contributed by atoms with van der Waals surface area (Å²) in [7, 11) is 0. The molecule has 0 radical (unpaired) electrons. The molecule has 5 nitrogen and oxygen atoms in total. The molecule has 108 valence electrons. The summed E-state index contributed by atoms with van der Waals surface area (Å²) in [5, 5.41) is 2.71. The van der Waals surface area contributed by atoms with Crippen molar-refractivity contribution in [3.8, 4) is 0 Å². The summed E-state index contributed by atoms with van der Waals surface area (Å²) in [5.41, 5.74) is 13.0. The Labute approximate surface area is 123 Å². The van der Waals surface area contributed by atoms with Crippen molar-refractivity contribution in [1.29, 1.82) is 0 Å². The van der Waals surface area contributed by atoms with Crippen LogP contribution in [0.15, 0.2) is 54.6 Å². The van der Waals surface area contributed by atoms with Crippen molar-refractivity contribution >= 4 is 17.5 Å². The minimum atomic E-state index is -0.636. The lowest BCUT2D eigenvalue weighted by atomic mass is 10.1. The Hall–Kier alpha value is -2.66. The molecule has 0 aromatic heterocycles. The highest BCUT2D eigenvalue weighted by Crippen LogP contribution is 2.10. The van der Waals surface area contributed by atoms with Crippen LogP contribution in [0.1, 0.15) is 15.9 Å². The number of primary amides is 1. The maximum absolute atomic E-state index is 12.0. The molecular weight excluding hydrogens is 266 g/mol. The van der Waals surface area contributed by atoms with E-state index in [9.17, 15) is 9.59 Å². The van der Waals surface area contributed by atoms with Gasteiger partial charge in [0.25, 0.3) is 0 Å². The topological polar surface area (TPSA) is 98.2 Å². The Balaban J connectivity index is 1.95. The van der Waals surface area contributed by atoms with Crippen LogP contribution in [0.2, 0.25) is 0 Å². The molecule has 0 aliphatic heterocycles. The van der Waals surface area contributed by atoms with Crippen molar-refractivity contribution < 1.29 is 9.59 Å². The molecule has 5 heteroatoms. The number of nitrogens with two attached hydrogens (primary N) is 2. The summed E-state index contributed by atoms with van der Waals surface area (Å²) in [5.74, 6) is -0.778. The minimum absolute atomic E-state index is 0.273. The quantitative estimate of drug-likeness (QED) is 0.771. The summed E-state index contributed by atoms with van der Waals surface area (Å²) in [6.07, 6.45) is 0.464. The van der Waals surface area contributed by atoms with Gasteiger partial charge in [0, 0.05) is 11.3 Å². The van der Waals surface area contributed by atoms with E-state index in [-0.39, 0.29) is 5.91 Å². The van der Waals surface area contributed by atoms with Gasteiger partial charge in [0.1, 0.15) is 0 Å². The zero-order valence-electron chi connectivity index (χ0n) is 11.5. The summed E-state index contributed by atoms with van der Waals surface area (Å²) in [6, 6.07) is 15.3. The average molecular weight is 283 g/mol. The van der Waals surface area contributed by atoms with Crippen molar-refractivity contribution in [2.24, 2.45) is 11.5 Å². The Bertz CT molecular complexity index is 624. The first-order valence-electron chi connectivity index (χ1n) is 6.56. The third-order valence-electron chi connectivity index (χ3n) is 3.07. The van der Waals surface area contributed by atoms with Gasteiger partial charge in [-0.2, -0.15) is 0 Å². The smallest absolute Gasteiger partial charge is 0.248 e. The SMILES string of the molecule is NC(=O)c1ccc(NC(=O)[C@H](N)Cc2ccccc2)cc1.